The molecule has 1 atom stereocenters. The molecular formula is C11H20N2O3. The summed E-state index contributed by atoms with van der Waals surface area (Å²) >= 11 is 0. The molecule has 0 radical (unpaired) electrons. The number of carbonyl (C=O) groups excluding carboxylic acids is 1. The summed E-state index contributed by atoms with van der Waals surface area (Å²) in [6, 6.07) is 0.209. The monoisotopic (exact) mass is 228 g/mol. The van der Waals surface area contributed by atoms with Gasteiger partial charge in [-0.25, -0.2) is 4.79 Å². The Hall–Kier alpha value is -1.26. The number of urea groups is 1. The van der Waals surface area contributed by atoms with Gasteiger partial charge in [-0.2, -0.15) is 0 Å². The summed E-state index contributed by atoms with van der Waals surface area (Å²) in [6.07, 6.45) is 4.09. The number of nitrogens with one attached hydrogen (secondary N) is 2. The van der Waals surface area contributed by atoms with Crippen LogP contribution in [-0.2, 0) is 4.79 Å². The van der Waals surface area contributed by atoms with Crippen molar-refractivity contribution in [3.8, 4) is 0 Å². The van der Waals surface area contributed by atoms with E-state index in [1.54, 1.807) is 0 Å². The number of carboxylic acid groups (broad SMARTS) is 1. The highest BCUT2D eigenvalue weighted by Gasteiger charge is 2.19. The van der Waals surface area contributed by atoms with Gasteiger partial charge in [0.05, 0.1) is 0 Å². The number of hydrogen-bond donors (Lipinski definition) is 3. The van der Waals surface area contributed by atoms with Gasteiger partial charge in [0.1, 0.15) is 0 Å². The van der Waals surface area contributed by atoms with E-state index in [9.17, 15) is 9.59 Å². The lowest BCUT2D eigenvalue weighted by molar-refractivity contribution is -0.137. The first-order valence-electron chi connectivity index (χ1n) is 5.84. The fraction of sp³-hybridized carbons (Fsp3) is 0.818. The van der Waals surface area contributed by atoms with Gasteiger partial charge in [0.25, 0.3) is 0 Å². The molecule has 1 saturated carbocycles. The molecule has 1 rings (SSSR count). The van der Waals surface area contributed by atoms with Crippen molar-refractivity contribution in [3.05, 3.63) is 0 Å². The Labute approximate surface area is 95.6 Å². The molecule has 16 heavy (non-hydrogen) atoms. The van der Waals surface area contributed by atoms with Crippen molar-refractivity contribution in [1.29, 1.82) is 0 Å². The van der Waals surface area contributed by atoms with Crippen molar-refractivity contribution >= 4 is 12.0 Å². The van der Waals surface area contributed by atoms with E-state index in [1.165, 1.54) is 6.42 Å². The van der Waals surface area contributed by atoms with E-state index >= 15 is 0 Å². The largest absolute Gasteiger partial charge is 0.481 e. The standard InChI is InChI=1S/C11H20N2O3/c1-8(5-6-10(14)15)7-12-11(16)13-9-3-2-4-9/h8-9H,2-7H2,1H3,(H,14,15)(H2,12,13,16). The van der Waals surface area contributed by atoms with Crippen LogP contribution < -0.4 is 10.6 Å². The number of aliphatic carboxylic acids is 1. The van der Waals surface area contributed by atoms with Crippen molar-refractivity contribution in [1.82, 2.24) is 10.6 Å². The summed E-state index contributed by atoms with van der Waals surface area (Å²) in [5.41, 5.74) is 0. The van der Waals surface area contributed by atoms with Crippen molar-refractivity contribution in [2.75, 3.05) is 6.54 Å². The Morgan fingerprint density at radius 2 is 2.12 bits per heavy atom. The highest BCUT2D eigenvalue weighted by Crippen LogP contribution is 2.17. The second-order valence-corrected chi connectivity index (χ2v) is 4.52. The third-order valence-electron chi connectivity index (χ3n) is 2.90. The molecule has 5 heteroatoms. The zero-order valence-corrected chi connectivity index (χ0v) is 9.66. The van der Waals surface area contributed by atoms with E-state index in [2.05, 4.69) is 10.6 Å². The molecule has 3 N–H and O–H groups in total. The lowest BCUT2D eigenvalue weighted by Crippen LogP contribution is -2.46. The van der Waals surface area contributed by atoms with Crippen molar-refractivity contribution in [2.24, 2.45) is 5.92 Å². The van der Waals surface area contributed by atoms with Crippen LogP contribution in [0.25, 0.3) is 0 Å². The van der Waals surface area contributed by atoms with Gasteiger partial charge in [-0.05, 0) is 31.6 Å². The second-order valence-electron chi connectivity index (χ2n) is 4.52. The maximum Gasteiger partial charge on any atom is 0.315 e. The number of amides is 2. The topological polar surface area (TPSA) is 78.4 Å². The van der Waals surface area contributed by atoms with Gasteiger partial charge in [-0.1, -0.05) is 6.92 Å². The molecule has 0 spiro atoms. The van der Waals surface area contributed by atoms with Gasteiger partial charge >= 0.3 is 12.0 Å². The molecule has 0 aromatic rings. The molecule has 1 fully saturated rings. The third-order valence-corrected chi connectivity index (χ3v) is 2.90. The Morgan fingerprint density at radius 3 is 2.62 bits per heavy atom. The molecule has 5 nitrogen and oxygen atoms in total. The molecule has 0 heterocycles. The van der Waals surface area contributed by atoms with Crippen LogP contribution in [0.5, 0.6) is 0 Å². The zero-order chi connectivity index (χ0) is 12.0. The normalized spacial score (nSPS) is 17.3. The van der Waals surface area contributed by atoms with Crippen LogP contribution in [0.1, 0.15) is 39.0 Å². The first-order valence-corrected chi connectivity index (χ1v) is 5.84. The zero-order valence-electron chi connectivity index (χ0n) is 9.66. The predicted molar refractivity (Wildman–Crippen MR) is 60.2 cm³/mol. The number of carbonyl (C=O) groups is 2. The minimum atomic E-state index is -0.786. The third kappa shape index (κ3) is 5.00. The molecule has 2 amide bonds. The van der Waals surface area contributed by atoms with E-state index in [4.69, 9.17) is 5.11 Å². The Morgan fingerprint density at radius 1 is 1.44 bits per heavy atom. The average Bonchev–Trinajstić information content (AvgIpc) is 2.17. The molecule has 0 saturated heterocycles. The molecule has 0 aromatic carbocycles. The van der Waals surface area contributed by atoms with Crippen LogP contribution in [0.4, 0.5) is 4.79 Å². The molecule has 0 aliphatic heterocycles. The van der Waals surface area contributed by atoms with Crippen molar-refractivity contribution in [3.63, 3.8) is 0 Å². The lowest BCUT2D eigenvalue weighted by Gasteiger charge is -2.26. The van der Waals surface area contributed by atoms with Gasteiger partial charge in [0.15, 0.2) is 0 Å². The summed E-state index contributed by atoms with van der Waals surface area (Å²) in [5, 5.41) is 14.1. The van der Waals surface area contributed by atoms with E-state index in [0.29, 0.717) is 19.0 Å². The first-order chi connectivity index (χ1) is 7.58. The summed E-state index contributed by atoms with van der Waals surface area (Å²) in [5.74, 6) is -0.589. The number of rotatable bonds is 6. The molecule has 92 valence electrons. The SMILES string of the molecule is CC(CCC(=O)O)CNC(=O)NC1CCC1. The molecule has 1 unspecified atom stereocenters. The molecule has 0 bridgehead atoms. The summed E-state index contributed by atoms with van der Waals surface area (Å²) in [6.45, 7) is 2.47. The second kappa shape index (κ2) is 6.35. The lowest BCUT2D eigenvalue weighted by atomic mass is 9.93. The summed E-state index contributed by atoms with van der Waals surface area (Å²) < 4.78 is 0. The maximum atomic E-state index is 11.4. The van der Waals surface area contributed by atoms with Gasteiger partial charge < -0.3 is 15.7 Å². The van der Waals surface area contributed by atoms with Gasteiger partial charge in [0, 0.05) is 19.0 Å². The fourth-order valence-electron chi connectivity index (χ4n) is 1.53. The minimum Gasteiger partial charge on any atom is -0.481 e. The van der Waals surface area contributed by atoms with Crippen molar-refractivity contribution < 1.29 is 14.7 Å². The van der Waals surface area contributed by atoms with Crippen LogP contribution in [0.2, 0.25) is 0 Å². The average molecular weight is 228 g/mol. The van der Waals surface area contributed by atoms with Crippen LogP contribution in [0.3, 0.4) is 0 Å². The fourth-order valence-corrected chi connectivity index (χ4v) is 1.53. The van der Waals surface area contributed by atoms with Crippen LogP contribution in [0, 0.1) is 5.92 Å². The van der Waals surface area contributed by atoms with E-state index in [1.807, 2.05) is 6.92 Å². The van der Waals surface area contributed by atoms with E-state index < -0.39 is 5.97 Å². The smallest absolute Gasteiger partial charge is 0.315 e. The van der Waals surface area contributed by atoms with Crippen LogP contribution in [-0.4, -0.2) is 29.7 Å². The minimum absolute atomic E-state index is 0.133. The molecular weight excluding hydrogens is 208 g/mol. The Kier molecular flexibility index (Phi) is 5.08. The highest BCUT2D eigenvalue weighted by molar-refractivity contribution is 5.74. The predicted octanol–water partition coefficient (Wildman–Crippen LogP) is 1.34. The van der Waals surface area contributed by atoms with E-state index in [-0.39, 0.29) is 18.4 Å². The van der Waals surface area contributed by atoms with E-state index in [0.717, 1.165) is 12.8 Å². The summed E-state index contributed by atoms with van der Waals surface area (Å²) in [4.78, 5) is 21.7. The van der Waals surface area contributed by atoms with Gasteiger partial charge in [0.2, 0.25) is 0 Å². The summed E-state index contributed by atoms with van der Waals surface area (Å²) in [7, 11) is 0. The quantitative estimate of drug-likeness (QED) is 0.642. The van der Waals surface area contributed by atoms with Crippen LogP contribution in [0.15, 0.2) is 0 Å². The highest BCUT2D eigenvalue weighted by atomic mass is 16.4. The van der Waals surface area contributed by atoms with Crippen molar-refractivity contribution in [2.45, 2.75) is 45.1 Å². The number of hydrogen-bond acceptors (Lipinski definition) is 2. The van der Waals surface area contributed by atoms with Crippen LogP contribution >= 0.6 is 0 Å². The Balaban J connectivity index is 2.03. The number of carboxylic acids is 1. The maximum absolute atomic E-state index is 11.4. The molecule has 1 aliphatic carbocycles. The first kappa shape index (κ1) is 12.8. The molecule has 0 aromatic heterocycles. The Bertz CT molecular complexity index is 252. The van der Waals surface area contributed by atoms with Gasteiger partial charge in [-0.3, -0.25) is 4.79 Å². The molecule has 1 aliphatic rings. The van der Waals surface area contributed by atoms with Gasteiger partial charge in [-0.15, -0.1) is 0 Å².